The molecule has 0 spiro atoms. The van der Waals surface area contributed by atoms with E-state index in [0.717, 1.165) is 35.7 Å². The van der Waals surface area contributed by atoms with Gasteiger partial charge < -0.3 is 5.32 Å². The molecule has 0 heterocycles. The van der Waals surface area contributed by atoms with E-state index < -0.39 is 15.4 Å². The Morgan fingerprint density at radius 1 is 0.900 bits per heavy atom. The lowest BCUT2D eigenvalue weighted by Gasteiger charge is -2.22. The van der Waals surface area contributed by atoms with Crippen LogP contribution in [0.15, 0.2) is 57.9 Å². The predicted molar refractivity (Wildman–Crippen MR) is 122 cm³/mol. The van der Waals surface area contributed by atoms with Crippen molar-refractivity contribution in [1.82, 2.24) is 5.32 Å². The number of rotatable bonds is 6. The van der Waals surface area contributed by atoms with Crippen molar-refractivity contribution in [2.75, 3.05) is 4.72 Å². The van der Waals surface area contributed by atoms with Crippen LogP contribution in [0.3, 0.4) is 0 Å². The first-order valence-corrected chi connectivity index (χ1v) is 12.9. The normalized spacial score (nSPS) is 19.0. The molecule has 4 rings (SSSR count). The third kappa shape index (κ3) is 4.72. The van der Waals surface area contributed by atoms with Gasteiger partial charge in [-0.25, -0.2) is 8.42 Å². The second kappa shape index (κ2) is 8.71. The van der Waals surface area contributed by atoms with Crippen molar-refractivity contribution in [3.05, 3.63) is 58.6 Å². The summed E-state index contributed by atoms with van der Waals surface area (Å²) >= 11 is 3.31. The zero-order valence-electron chi connectivity index (χ0n) is 16.9. The minimum atomic E-state index is -3.65. The largest absolute Gasteiger partial charge is 0.353 e. The maximum atomic E-state index is 13.0. The number of anilines is 1. The maximum absolute atomic E-state index is 13.0. The van der Waals surface area contributed by atoms with E-state index in [0.29, 0.717) is 5.69 Å². The molecule has 2 aromatic rings. The van der Waals surface area contributed by atoms with Crippen molar-refractivity contribution in [2.24, 2.45) is 0 Å². The maximum Gasteiger partial charge on any atom is 0.261 e. The smallest absolute Gasteiger partial charge is 0.261 e. The standard InChI is InChI=1S/C23H27BrN2O3S/c24-18-9-13-21(14-10-18)30(28,29)26-20-11-7-17(8-12-20)23(15-16-23)22(27)25-19-5-3-1-2-4-6-19/h7-14,19,26H,1-6,15-16H2,(H,25,27). The van der Waals surface area contributed by atoms with E-state index in [9.17, 15) is 13.2 Å². The molecule has 0 atom stereocenters. The number of sulfonamides is 1. The first-order valence-electron chi connectivity index (χ1n) is 10.6. The number of nitrogens with one attached hydrogen (secondary N) is 2. The van der Waals surface area contributed by atoms with E-state index in [1.54, 1.807) is 36.4 Å². The van der Waals surface area contributed by atoms with Gasteiger partial charge in [0.05, 0.1) is 10.3 Å². The molecule has 0 aromatic heterocycles. The van der Waals surface area contributed by atoms with E-state index in [1.807, 2.05) is 12.1 Å². The summed E-state index contributed by atoms with van der Waals surface area (Å²) in [6, 6.07) is 14.0. The average Bonchev–Trinajstić information content (AvgIpc) is 3.54. The monoisotopic (exact) mass is 490 g/mol. The lowest BCUT2D eigenvalue weighted by atomic mass is 9.94. The number of benzene rings is 2. The molecule has 0 saturated heterocycles. The van der Waals surface area contributed by atoms with Crippen LogP contribution < -0.4 is 10.0 Å². The molecule has 0 aliphatic heterocycles. The van der Waals surface area contributed by atoms with Crippen LogP contribution in [0.2, 0.25) is 0 Å². The molecule has 0 bridgehead atoms. The van der Waals surface area contributed by atoms with Gasteiger partial charge in [0.1, 0.15) is 0 Å². The zero-order chi connectivity index (χ0) is 21.2. The fourth-order valence-electron chi connectivity index (χ4n) is 4.20. The van der Waals surface area contributed by atoms with Crippen molar-refractivity contribution < 1.29 is 13.2 Å². The molecule has 7 heteroatoms. The molecule has 2 saturated carbocycles. The number of hydrogen-bond donors (Lipinski definition) is 2. The zero-order valence-corrected chi connectivity index (χ0v) is 19.3. The topological polar surface area (TPSA) is 75.3 Å². The molecular weight excluding hydrogens is 464 g/mol. The van der Waals surface area contributed by atoms with Crippen LogP contribution in [0.4, 0.5) is 5.69 Å². The third-order valence-electron chi connectivity index (χ3n) is 6.19. The average molecular weight is 491 g/mol. The van der Waals surface area contributed by atoms with Gasteiger partial charge in [0, 0.05) is 16.2 Å². The molecule has 2 N–H and O–H groups in total. The number of carbonyl (C=O) groups is 1. The van der Waals surface area contributed by atoms with Gasteiger partial charge in [-0.2, -0.15) is 0 Å². The molecular formula is C23H27BrN2O3S. The van der Waals surface area contributed by atoms with E-state index in [1.165, 1.54) is 25.7 Å². The van der Waals surface area contributed by atoms with Gasteiger partial charge >= 0.3 is 0 Å². The van der Waals surface area contributed by atoms with Crippen LogP contribution in [0.1, 0.15) is 56.9 Å². The van der Waals surface area contributed by atoms with Crippen LogP contribution in [-0.4, -0.2) is 20.4 Å². The van der Waals surface area contributed by atoms with E-state index >= 15 is 0 Å². The summed E-state index contributed by atoms with van der Waals surface area (Å²) in [4.78, 5) is 13.2. The lowest BCUT2D eigenvalue weighted by Crippen LogP contribution is -2.41. The van der Waals surface area contributed by atoms with Crippen molar-refractivity contribution in [1.29, 1.82) is 0 Å². The van der Waals surface area contributed by atoms with Crippen molar-refractivity contribution in [3.8, 4) is 0 Å². The Labute approximate surface area is 186 Å². The number of carbonyl (C=O) groups excluding carboxylic acids is 1. The minimum absolute atomic E-state index is 0.123. The van der Waals surface area contributed by atoms with Crippen molar-refractivity contribution in [3.63, 3.8) is 0 Å². The van der Waals surface area contributed by atoms with Crippen LogP contribution in [0.5, 0.6) is 0 Å². The Balaban J connectivity index is 1.44. The SMILES string of the molecule is O=C(NC1CCCCCC1)C1(c2ccc(NS(=O)(=O)c3ccc(Br)cc3)cc2)CC1. The summed E-state index contributed by atoms with van der Waals surface area (Å²) in [6.45, 7) is 0. The van der Waals surface area contributed by atoms with Crippen LogP contribution in [-0.2, 0) is 20.2 Å². The summed E-state index contributed by atoms with van der Waals surface area (Å²) in [6.07, 6.45) is 8.71. The molecule has 2 aliphatic rings. The van der Waals surface area contributed by atoms with Gasteiger partial charge in [0.25, 0.3) is 10.0 Å². The Bertz CT molecular complexity index is 992. The minimum Gasteiger partial charge on any atom is -0.353 e. The van der Waals surface area contributed by atoms with Gasteiger partial charge in [-0.3, -0.25) is 9.52 Å². The first-order chi connectivity index (χ1) is 14.4. The Hall–Kier alpha value is -1.86. The van der Waals surface area contributed by atoms with Gasteiger partial charge in [0.2, 0.25) is 5.91 Å². The Morgan fingerprint density at radius 3 is 2.07 bits per heavy atom. The summed E-state index contributed by atoms with van der Waals surface area (Å²) < 4.78 is 28.6. The first kappa shape index (κ1) is 21.4. The van der Waals surface area contributed by atoms with Crippen LogP contribution in [0.25, 0.3) is 0 Å². The van der Waals surface area contributed by atoms with Gasteiger partial charge in [-0.05, 0) is 67.6 Å². The van der Waals surface area contributed by atoms with E-state index in [-0.39, 0.29) is 16.8 Å². The summed E-state index contributed by atoms with van der Waals surface area (Å²) in [5, 5.41) is 3.28. The van der Waals surface area contributed by atoms with Gasteiger partial charge in [0.15, 0.2) is 0 Å². The highest BCUT2D eigenvalue weighted by atomic mass is 79.9. The third-order valence-corrected chi connectivity index (χ3v) is 8.11. The van der Waals surface area contributed by atoms with Crippen molar-refractivity contribution >= 4 is 37.5 Å². The van der Waals surface area contributed by atoms with E-state index in [2.05, 4.69) is 26.0 Å². The van der Waals surface area contributed by atoms with E-state index in [4.69, 9.17) is 0 Å². The molecule has 2 aliphatic carbocycles. The number of hydrogen-bond acceptors (Lipinski definition) is 3. The lowest BCUT2D eigenvalue weighted by molar-refractivity contribution is -0.124. The second-order valence-electron chi connectivity index (χ2n) is 8.38. The highest BCUT2D eigenvalue weighted by molar-refractivity contribution is 9.10. The molecule has 0 radical (unpaired) electrons. The fraction of sp³-hybridized carbons (Fsp3) is 0.435. The second-order valence-corrected chi connectivity index (χ2v) is 11.0. The molecule has 0 unspecified atom stereocenters. The molecule has 160 valence electrons. The van der Waals surface area contributed by atoms with Gasteiger partial charge in [-0.1, -0.05) is 53.7 Å². The highest BCUT2D eigenvalue weighted by Crippen LogP contribution is 2.48. The van der Waals surface area contributed by atoms with Crippen LogP contribution >= 0.6 is 15.9 Å². The fourth-order valence-corrected chi connectivity index (χ4v) is 5.53. The summed E-state index contributed by atoms with van der Waals surface area (Å²) in [5.41, 5.74) is 0.997. The van der Waals surface area contributed by atoms with Gasteiger partial charge in [-0.15, -0.1) is 0 Å². The predicted octanol–water partition coefficient (Wildman–Crippen LogP) is 5.12. The van der Waals surface area contributed by atoms with Crippen molar-refractivity contribution in [2.45, 2.75) is 67.7 Å². The molecule has 2 aromatic carbocycles. The summed E-state index contributed by atoms with van der Waals surface area (Å²) in [7, 11) is -3.65. The molecule has 2 fully saturated rings. The number of amides is 1. The molecule has 1 amide bonds. The Morgan fingerprint density at radius 2 is 1.50 bits per heavy atom. The quantitative estimate of drug-likeness (QED) is 0.551. The molecule has 5 nitrogen and oxygen atoms in total. The molecule has 30 heavy (non-hydrogen) atoms. The summed E-state index contributed by atoms with van der Waals surface area (Å²) in [5.74, 6) is 0.123. The number of halogens is 1. The Kier molecular flexibility index (Phi) is 6.21. The van der Waals surface area contributed by atoms with Crippen LogP contribution in [0, 0.1) is 0 Å². The highest BCUT2D eigenvalue weighted by Gasteiger charge is 2.51.